The van der Waals surface area contributed by atoms with Gasteiger partial charge in [-0.15, -0.1) is 0 Å². The van der Waals surface area contributed by atoms with E-state index in [1.54, 1.807) is 87.1 Å². The third-order valence-corrected chi connectivity index (χ3v) is 12.8. The Labute approximate surface area is 424 Å². The molecular weight excluding hydrogens is 925 g/mol. The van der Waals surface area contributed by atoms with E-state index in [2.05, 4.69) is 5.10 Å². The Morgan fingerprint density at radius 1 is 0.486 bits per heavy atom. The number of amides is 4. The number of ether oxygens (including phenoxy) is 4. The Kier molecular flexibility index (Phi) is 21.1. The number of carbonyl (C=O) groups is 8. The van der Waals surface area contributed by atoms with Gasteiger partial charge in [0.2, 0.25) is 0 Å². The predicted octanol–water partition coefficient (Wildman–Crippen LogP) is 5.13. The highest BCUT2D eigenvalue weighted by Crippen LogP contribution is 2.24. The highest BCUT2D eigenvalue weighted by molar-refractivity contribution is 5.94. The third kappa shape index (κ3) is 15.5. The van der Waals surface area contributed by atoms with E-state index in [0.717, 1.165) is 25.2 Å². The molecule has 18 nitrogen and oxygen atoms in total. The fourth-order valence-electron chi connectivity index (χ4n) is 8.95. The van der Waals surface area contributed by atoms with Crippen molar-refractivity contribution in [2.75, 3.05) is 28.2 Å². The van der Waals surface area contributed by atoms with Gasteiger partial charge in [0.15, 0.2) is 24.4 Å². The molecule has 0 bridgehead atoms. The van der Waals surface area contributed by atoms with Gasteiger partial charge < -0.3 is 38.5 Å². The Morgan fingerprint density at radius 3 is 1.31 bits per heavy atom. The summed E-state index contributed by atoms with van der Waals surface area (Å²) in [6.07, 6.45) is -2.53. The second-order valence-corrected chi connectivity index (χ2v) is 20.4. The summed E-state index contributed by atoms with van der Waals surface area (Å²) in [5.41, 5.74) is 2.10. The van der Waals surface area contributed by atoms with E-state index >= 15 is 0 Å². The van der Waals surface area contributed by atoms with Gasteiger partial charge in [0.25, 0.3) is 23.6 Å². The number of cyclic esters (lactones) is 4. The SMILES string of the molecule is CC(C)C[C@H]1C(=O)O[C@H](C)C(=O)N(C)C(C(C)C)C(=O)O[C@H](Cc2cccc(Cn3cccn3)c2)C(=O)N(C)[C@@H](CC(C)C)C(=O)O[C@H](C)C(=O)N(C)C(C(C)C)C(=O)O[C@H](Cc2ccccc2)C(=O)N1C. The van der Waals surface area contributed by atoms with E-state index in [1.165, 1.54) is 42.0 Å². The molecule has 1 aromatic heterocycles. The molecule has 1 aliphatic heterocycles. The summed E-state index contributed by atoms with van der Waals surface area (Å²) >= 11 is 0. The zero-order valence-electron chi connectivity index (χ0n) is 44.5. The monoisotopic (exact) mass is 1000 g/mol. The van der Waals surface area contributed by atoms with E-state index in [-0.39, 0.29) is 37.5 Å². The number of benzene rings is 2. The number of likely N-dealkylation sites (N-methyl/N-ethyl adjacent to an activating group) is 4. The lowest BCUT2D eigenvalue weighted by Gasteiger charge is -2.36. The third-order valence-electron chi connectivity index (χ3n) is 12.8. The van der Waals surface area contributed by atoms with Crippen molar-refractivity contribution in [3.63, 3.8) is 0 Å². The van der Waals surface area contributed by atoms with Crippen molar-refractivity contribution < 1.29 is 57.3 Å². The van der Waals surface area contributed by atoms with Crippen LogP contribution in [0.15, 0.2) is 73.1 Å². The van der Waals surface area contributed by atoms with Crippen LogP contribution in [0.25, 0.3) is 0 Å². The van der Waals surface area contributed by atoms with Crippen molar-refractivity contribution in [3.8, 4) is 0 Å². The van der Waals surface area contributed by atoms with Crippen LogP contribution in [0, 0.1) is 23.7 Å². The lowest BCUT2D eigenvalue weighted by Crippen LogP contribution is -2.55. The average Bonchev–Trinajstić information content (AvgIpc) is 3.83. The number of hydrogen-bond acceptors (Lipinski definition) is 13. The normalized spacial score (nSPS) is 24.5. The van der Waals surface area contributed by atoms with Gasteiger partial charge in [-0.05, 0) is 73.1 Å². The number of rotatable bonds is 12. The smallest absolute Gasteiger partial charge is 0.329 e. The number of carbonyl (C=O) groups excluding carboxylic acids is 8. The van der Waals surface area contributed by atoms with Crippen LogP contribution < -0.4 is 0 Å². The molecule has 4 rings (SSSR count). The number of nitrogens with zero attached hydrogens (tertiary/aromatic N) is 6. The van der Waals surface area contributed by atoms with Crippen molar-refractivity contribution in [3.05, 3.63) is 89.7 Å². The summed E-state index contributed by atoms with van der Waals surface area (Å²) in [6.45, 7) is 17.3. The van der Waals surface area contributed by atoms with E-state index < -0.39 is 108 Å². The van der Waals surface area contributed by atoms with Crippen molar-refractivity contribution in [1.82, 2.24) is 29.4 Å². The summed E-state index contributed by atoms with van der Waals surface area (Å²) in [7, 11) is 5.51. The maximum Gasteiger partial charge on any atom is 0.329 e. The first-order valence-electron chi connectivity index (χ1n) is 24.8. The Morgan fingerprint density at radius 2 is 0.903 bits per heavy atom. The maximum absolute atomic E-state index is 14.9. The minimum Gasteiger partial charge on any atom is -0.451 e. The van der Waals surface area contributed by atoms with E-state index in [1.807, 2.05) is 46.0 Å². The van der Waals surface area contributed by atoms with Gasteiger partial charge in [-0.1, -0.05) is 110 Å². The van der Waals surface area contributed by atoms with Gasteiger partial charge >= 0.3 is 23.9 Å². The topological polar surface area (TPSA) is 204 Å². The Bertz CT molecular complexity index is 2340. The molecule has 2 heterocycles. The zero-order chi connectivity index (χ0) is 53.7. The zero-order valence-corrected chi connectivity index (χ0v) is 44.5. The molecule has 394 valence electrons. The second kappa shape index (κ2) is 26.2. The maximum atomic E-state index is 14.9. The fourth-order valence-corrected chi connectivity index (χ4v) is 8.95. The van der Waals surface area contributed by atoms with Crippen LogP contribution in [0.3, 0.4) is 0 Å². The standard InChI is InChI=1S/C54H76N6O12/c1-32(2)26-41-51(65)69-37(10)48(62)59(14)46(35(7)8)54(68)72-44(30-39-22-18-23-40(28-39)31-60-25-19-24-55-60)50(64)57(12)42(27-33(3)4)52(66)70-36(9)47(61)58(13)45(34(5)6)53(67)71-43(49(63)56(41)11)29-38-20-16-15-17-21-38/h15-25,28,32-37,41-46H,26-27,29-31H2,1-14H3/t36-,37-,41+,42+,43-,44-,45?,46?/m1/s1. The fraction of sp³-hybridized carbons (Fsp3) is 0.574. The first-order chi connectivity index (χ1) is 33.8. The van der Waals surface area contributed by atoms with Crippen LogP contribution in [0.1, 0.15) is 98.8 Å². The molecule has 0 aliphatic carbocycles. The first-order valence-corrected chi connectivity index (χ1v) is 24.8. The van der Waals surface area contributed by atoms with Crippen LogP contribution in [0.5, 0.6) is 0 Å². The minimum absolute atomic E-state index is 0.0879. The highest BCUT2D eigenvalue weighted by atomic mass is 16.6. The predicted molar refractivity (Wildman–Crippen MR) is 267 cm³/mol. The van der Waals surface area contributed by atoms with Crippen molar-refractivity contribution in [1.29, 1.82) is 0 Å². The highest BCUT2D eigenvalue weighted by Gasteiger charge is 2.43. The molecular formula is C54H76N6O12. The number of hydrogen-bond donors (Lipinski definition) is 0. The van der Waals surface area contributed by atoms with Crippen LogP contribution in [-0.4, -0.2) is 154 Å². The van der Waals surface area contributed by atoms with Gasteiger partial charge in [0.05, 0.1) is 6.54 Å². The summed E-state index contributed by atoms with van der Waals surface area (Å²) in [5, 5.41) is 4.29. The Balaban J connectivity index is 1.85. The summed E-state index contributed by atoms with van der Waals surface area (Å²) in [5.74, 6) is -8.19. The number of esters is 4. The molecule has 2 unspecified atom stereocenters. The van der Waals surface area contributed by atoms with Crippen LogP contribution in [0.4, 0.5) is 0 Å². The first kappa shape index (κ1) is 58.0. The summed E-state index contributed by atoms with van der Waals surface area (Å²) in [6, 6.07) is 12.8. The van der Waals surface area contributed by atoms with Gasteiger partial charge in [-0.3, -0.25) is 23.9 Å². The summed E-state index contributed by atoms with van der Waals surface area (Å²) in [4.78, 5) is 120. The molecule has 1 fully saturated rings. The quantitative estimate of drug-likeness (QED) is 0.171. The van der Waals surface area contributed by atoms with Gasteiger partial charge in [-0.25, -0.2) is 19.2 Å². The lowest BCUT2D eigenvalue weighted by atomic mass is 9.99. The van der Waals surface area contributed by atoms with E-state index in [0.29, 0.717) is 17.7 Å². The minimum atomic E-state index is -1.53. The largest absolute Gasteiger partial charge is 0.451 e. The molecule has 0 radical (unpaired) electrons. The van der Waals surface area contributed by atoms with Crippen LogP contribution in [-0.2, 0) is 76.7 Å². The van der Waals surface area contributed by atoms with Crippen molar-refractivity contribution in [2.45, 2.75) is 150 Å². The molecule has 0 spiro atoms. The molecule has 72 heavy (non-hydrogen) atoms. The molecule has 18 heteroatoms. The van der Waals surface area contributed by atoms with Crippen LogP contribution in [0.2, 0.25) is 0 Å². The average molecular weight is 1000 g/mol. The lowest BCUT2D eigenvalue weighted by molar-refractivity contribution is -0.177. The van der Waals surface area contributed by atoms with E-state index in [9.17, 15) is 38.4 Å². The molecule has 0 saturated carbocycles. The van der Waals surface area contributed by atoms with Crippen molar-refractivity contribution in [2.24, 2.45) is 23.7 Å². The van der Waals surface area contributed by atoms with Gasteiger partial charge in [0, 0.05) is 53.4 Å². The number of aromatic nitrogens is 2. The van der Waals surface area contributed by atoms with Crippen LogP contribution >= 0.6 is 0 Å². The van der Waals surface area contributed by atoms with E-state index in [4.69, 9.17) is 18.9 Å². The molecule has 8 atom stereocenters. The molecule has 1 aliphatic rings. The second-order valence-electron chi connectivity index (χ2n) is 20.4. The summed E-state index contributed by atoms with van der Waals surface area (Å²) < 4.78 is 25.6. The molecule has 2 aromatic carbocycles. The van der Waals surface area contributed by atoms with Gasteiger partial charge in [-0.2, -0.15) is 5.10 Å². The molecule has 4 amide bonds. The van der Waals surface area contributed by atoms with Gasteiger partial charge in [0.1, 0.15) is 24.2 Å². The van der Waals surface area contributed by atoms with Crippen molar-refractivity contribution >= 4 is 47.5 Å². The molecule has 0 N–H and O–H groups in total. The molecule has 3 aromatic rings. The molecule has 1 saturated heterocycles. The Hall–Kier alpha value is -6.59.